The number of thiophene rings is 1. The Morgan fingerprint density at radius 3 is 2.53 bits per heavy atom. The summed E-state index contributed by atoms with van der Waals surface area (Å²) in [5.41, 5.74) is 2.80. The van der Waals surface area contributed by atoms with Crippen molar-refractivity contribution < 1.29 is 14.0 Å². The lowest BCUT2D eigenvalue weighted by atomic mass is 9.89. The van der Waals surface area contributed by atoms with E-state index in [1.54, 1.807) is 16.2 Å². The fourth-order valence-corrected chi connectivity index (χ4v) is 5.83. The van der Waals surface area contributed by atoms with Gasteiger partial charge < -0.3 is 9.80 Å². The Bertz CT molecular complexity index is 1110. The van der Waals surface area contributed by atoms with E-state index in [-0.39, 0.29) is 29.6 Å². The Balaban J connectivity index is 1.38. The second kappa shape index (κ2) is 8.87. The Labute approximate surface area is 191 Å². The average Bonchev–Trinajstić information content (AvgIpc) is 3.32. The monoisotopic (exact) mass is 448 g/mol. The third kappa shape index (κ3) is 3.95. The maximum atomic E-state index is 13.8. The predicted molar refractivity (Wildman–Crippen MR) is 123 cm³/mol. The van der Waals surface area contributed by atoms with Crippen molar-refractivity contribution in [3.8, 4) is 0 Å². The molecule has 0 N–H and O–H groups in total. The summed E-state index contributed by atoms with van der Waals surface area (Å²) in [4.78, 5) is 31.8. The van der Waals surface area contributed by atoms with Crippen molar-refractivity contribution in [3.63, 3.8) is 0 Å². The molecule has 164 valence electrons. The van der Waals surface area contributed by atoms with Crippen LogP contribution in [0.3, 0.4) is 0 Å². The van der Waals surface area contributed by atoms with Gasteiger partial charge in [-0.3, -0.25) is 9.59 Å². The quantitative estimate of drug-likeness (QED) is 0.571. The summed E-state index contributed by atoms with van der Waals surface area (Å²) in [6.45, 7) is 1.72. The van der Waals surface area contributed by atoms with Crippen molar-refractivity contribution in [2.45, 2.75) is 25.3 Å². The van der Waals surface area contributed by atoms with Crippen LogP contribution in [-0.4, -0.2) is 41.2 Å². The van der Waals surface area contributed by atoms with Gasteiger partial charge in [0.25, 0.3) is 5.91 Å². The molecule has 0 saturated carbocycles. The van der Waals surface area contributed by atoms with E-state index in [0.717, 1.165) is 24.8 Å². The van der Waals surface area contributed by atoms with E-state index in [1.165, 1.54) is 34.7 Å². The molecule has 3 heterocycles. The van der Waals surface area contributed by atoms with Crippen LogP contribution in [0, 0.1) is 11.7 Å². The molecule has 2 aliphatic rings. The first-order valence-electron chi connectivity index (χ1n) is 11.1. The van der Waals surface area contributed by atoms with Crippen molar-refractivity contribution in [2.75, 3.05) is 19.6 Å². The van der Waals surface area contributed by atoms with Gasteiger partial charge in [0.05, 0.1) is 12.0 Å². The first kappa shape index (κ1) is 20.9. The van der Waals surface area contributed by atoms with E-state index in [1.807, 2.05) is 23.1 Å². The van der Waals surface area contributed by atoms with E-state index in [2.05, 4.69) is 23.6 Å². The number of likely N-dealkylation sites (tertiary alicyclic amines) is 1. The highest BCUT2D eigenvalue weighted by Gasteiger charge is 2.38. The summed E-state index contributed by atoms with van der Waals surface area (Å²) in [5, 5.41) is 2.11. The molecule has 0 radical (unpaired) electrons. The molecule has 6 heteroatoms. The topological polar surface area (TPSA) is 40.6 Å². The maximum absolute atomic E-state index is 13.8. The van der Waals surface area contributed by atoms with Gasteiger partial charge in [0.2, 0.25) is 5.91 Å². The van der Waals surface area contributed by atoms with E-state index < -0.39 is 0 Å². The molecule has 5 rings (SSSR count). The second-order valence-electron chi connectivity index (χ2n) is 8.49. The zero-order chi connectivity index (χ0) is 22.1. The lowest BCUT2D eigenvalue weighted by molar-refractivity contribution is -0.139. The Kier molecular flexibility index (Phi) is 5.79. The molecule has 2 aliphatic heterocycles. The highest BCUT2D eigenvalue weighted by Crippen LogP contribution is 2.39. The van der Waals surface area contributed by atoms with Gasteiger partial charge in [-0.1, -0.05) is 30.3 Å². The average molecular weight is 449 g/mol. The standard InChI is InChI=1S/C26H25FN2O2S/c27-21-10-8-19(9-11-21)25(30)28-14-4-7-20(17-28)26(31)29-15-12-23-22(13-16-32-23)24(29)18-5-2-1-3-6-18/h1-3,5-6,8-11,13,16,20,24H,4,7,12,14-15,17H2/t20-,24+/m0/s1. The van der Waals surface area contributed by atoms with E-state index in [9.17, 15) is 14.0 Å². The van der Waals surface area contributed by atoms with Gasteiger partial charge in [0, 0.05) is 30.1 Å². The van der Waals surface area contributed by atoms with Crippen molar-refractivity contribution >= 4 is 23.2 Å². The molecule has 1 fully saturated rings. The molecule has 1 aromatic heterocycles. The number of rotatable bonds is 3. The molecule has 4 nitrogen and oxygen atoms in total. The van der Waals surface area contributed by atoms with Crippen LogP contribution in [0.25, 0.3) is 0 Å². The molecule has 32 heavy (non-hydrogen) atoms. The number of carbonyl (C=O) groups is 2. The fraction of sp³-hybridized carbons (Fsp3) is 0.308. The highest BCUT2D eigenvalue weighted by atomic mass is 32.1. The van der Waals surface area contributed by atoms with Crippen LogP contribution in [0.15, 0.2) is 66.0 Å². The van der Waals surface area contributed by atoms with E-state index in [0.29, 0.717) is 25.2 Å². The number of benzene rings is 2. The molecule has 1 saturated heterocycles. The lowest BCUT2D eigenvalue weighted by Crippen LogP contribution is -2.49. The van der Waals surface area contributed by atoms with Gasteiger partial charge in [-0.2, -0.15) is 0 Å². The highest BCUT2D eigenvalue weighted by molar-refractivity contribution is 7.10. The van der Waals surface area contributed by atoms with Gasteiger partial charge in [0.1, 0.15) is 5.82 Å². The minimum atomic E-state index is -0.363. The Hall–Kier alpha value is -2.99. The zero-order valence-corrected chi connectivity index (χ0v) is 18.6. The number of amides is 2. The summed E-state index contributed by atoms with van der Waals surface area (Å²) in [5.74, 6) is -0.606. The molecule has 2 aromatic carbocycles. The summed E-state index contributed by atoms with van der Waals surface area (Å²) in [6, 6.07) is 17.9. The molecular formula is C26H25FN2O2S. The third-order valence-electron chi connectivity index (χ3n) is 6.51. The minimum Gasteiger partial charge on any atom is -0.338 e. The molecular weight excluding hydrogens is 423 g/mol. The summed E-state index contributed by atoms with van der Waals surface area (Å²) in [6.07, 6.45) is 2.43. The number of hydrogen-bond acceptors (Lipinski definition) is 3. The molecule has 0 aliphatic carbocycles. The molecule has 2 atom stereocenters. The van der Waals surface area contributed by atoms with Crippen LogP contribution in [0.5, 0.6) is 0 Å². The van der Waals surface area contributed by atoms with Gasteiger partial charge in [-0.15, -0.1) is 11.3 Å². The van der Waals surface area contributed by atoms with Gasteiger partial charge in [0.15, 0.2) is 0 Å². The summed E-state index contributed by atoms with van der Waals surface area (Å²) in [7, 11) is 0. The summed E-state index contributed by atoms with van der Waals surface area (Å²) < 4.78 is 13.3. The normalized spacial score (nSPS) is 20.7. The first-order valence-corrected chi connectivity index (χ1v) is 12.0. The number of carbonyl (C=O) groups excluding carboxylic acids is 2. The van der Waals surface area contributed by atoms with Gasteiger partial charge in [-0.25, -0.2) is 4.39 Å². The van der Waals surface area contributed by atoms with E-state index in [4.69, 9.17) is 0 Å². The molecule has 0 spiro atoms. The van der Waals surface area contributed by atoms with Crippen LogP contribution >= 0.6 is 11.3 Å². The number of nitrogens with zero attached hydrogens (tertiary/aromatic N) is 2. The second-order valence-corrected chi connectivity index (χ2v) is 9.49. The van der Waals surface area contributed by atoms with Crippen molar-refractivity contribution in [1.82, 2.24) is 9.80 Å². The van der Waals surface area contributed by atoms with Crippen LogP contribution in [0.1, 0.15) is 45.2 Å². The molecule has 0 unspecified atom stereocenters. The van der Waals surface area contributed by atoms with Crippen molar-refractivity contribution in [3.05, 3.63) is 93.4 Å². The fourth-order valence-electron chi connectivity index (χ4n) is 4.92. The Morgan fingerprint density at radius 2 is 1.75 bits per heavy atom. The third-order valence-corrected chi connectivity index (χ3v) is 7.51. The van der Waals surface area contributed by atoms with Gasteiger partial charge in [-0.05, 0) is 66.1 Å². The van der Waals surface area contributed by atoms with Crippen LogP contribution < -0.4 is 0 Å². The summed E-state index contributed by atoms with van der Waals surface area (Å²) >= 11 is 1.76. The van der Waals surface area contributed by atoms with Crippen LogP contribution in [0.2, 0.25) is 0 Å². The predicted octanol–water partition coefficient (Wildman–Crippen LogP) is 4.91. The number of hydrogen-bond donors (Lipinski definition) is 0. The van der Waals surface area contributed by atoms with Gasteiger partial charge >= 0.3 is 0 Å². The SMILES string of the molecule is O=C(c1ccc(F)cc1)N1CCC[C@H](C(=O)N2CCc3sccc3[C@H]2c2ccccc2)C1. The van der Waals surface area contributed by atoms with E-state index >= 15 is 0 Å². The van der Waals surface area contributed by atoms with Crippen molar-refractivity contribution in [1.29, 1.82) is 0 Å². The number of fused-ring (bicyclic) bond motifs is 1. The zero-order valence-electron chi connectivity index (χ0n) is 17.7. The minimum absolute atomic E-state index is 0.0816. The number of piperidine rings is 1. The number of halogens is 1. The Morgan fingerprint density at radius 1 is 0.969 bits per heavy atom. The molecule has 0 bridgehead atoms. The maximum Gasteiger partial charge on any atom is 0.253 e. The lowest BCUT2D eigenvalue weighted by Gasteiger charge is -2.40. The molecule has 2 amide bonds. The van der Waals surface area contributed by atoms with Crippen molar-refractivity contribution in [2.24, 2.45) is 5.92 Å². The first-order chi connectivity index (χ1) is 15.6. The molecule has 3 aromatic rings. The van der Waals surface area contributed by atoms with Crippen LogP contribution in [-0.2, 0) is 11.2 Å². The van der Waals surface area contributed by atoms with Crippen LogP contribution in [0.4, 0.5) is 4.39 Å². The smallest absolute Gasteiger partial charge is 0.253 e. The largest absolute Gasteiger partial charge is 0.338 e.